The highest BCUT2D eigenvalue weighted by Gasteiger charge is 2.05. The Labute approximate surface area is 102 Å². The molecule has 2 rings (SSSR count). The van der Waals surface area contributed by atoms with E-state index in [0.717, 1.165) is 27.0 Å². The van der Waals surface area contributed by atoms with E-state index < -0.39 is 0 Å². The minimum absolute atomic E-state index is 0.0819. The Morgan fingerprint density at radius 1 is 1.38 bits per heavy atom. The second-order valence-electron chi connectivity index (χ2n) is 3.43. The first-order chi connectivity index (χ1) is 7.70. The average Bonchev–Trinajstić information content (AvgIpc) is 2.26. The van der Waals surface area contributed by atoms with Crippen molar-refractivity contribution in [1.29, 1.82) is 0 Å². The Morgan fingerprint density at radius 2 is 2.19 bits per heavy atom. The van der Waals surface area contributed by atoms with Crippen LogP contribution in [0.25, 0.3) is 10.9 Å². The molecule has 2 aromatic rings. The van der Waals surface area contributed by atoms with Gasteiger partial charge in [0.2, 0.25) is 0 Å². The third-order valence-corrected chi connectivity index (χ3v) is 2.67. The normalized spacial score (nSPS) is 10.7. The quantitative estimate of drug-likeness (QED) is 0.905. The van der Waals surface area contributed by atoms with E-state index in [4.69, 9.17) is 5.11 Å². The maximum atomic E-state index is 8.81. The maximum Gasteiger partial charge on any atom is 0.137 e. The zero-order valence-corrected chi connectivity index (χ0v) is 10.5. The molecule has 5 heteroatoms. The van der Waals surface area contributed by atoms with Crippen LogP contribution in [-0.2, 0) is 0 Å². The molecule has 0 spiro atoms. The first-order valence-electron chi connectivity index (χ1n) is 4.99. The van der Waals surface area contributed by atoms with Gasteiger partial charge in [0, 0.05) is 16.4 Å². The van der Waals surface area contributed by atoms with Gasteiger partial charge in [-0.05, 0) is 25.1 Å². The van der Waals surface area contributed by atoms with Crippen LogP contribution in [0.1, 0.15) is 5.82 Å². The van der Waals surface area contributed by atoms with Gasteiger partial charge in [-0.3, -0.25) is 0 Å². The summed E-state index contributed by atoms with van der Waals surface area (Å²) in [5, 5.41) is 12.8. The van der Waals surface area contributed by atoms with E-state index in [0.29, 0.717) is 6.54 Å². The van der Waals surface area contributed by atoms with E-state index in [1.807, 2.05) is 25.1 Å². The SMILES string of the molecule is Cc1nc(NCCO)c2cc(Br)ccc2n1. The predicted molar refractivity (Wildman–Crippen MR) is 67.6 cm³/mol. The summed E-state index contributed by atoms with van der Waals surface area (Å²) < 4.78 is 0.986. The lowest BCUT2D eigenvalue weighted by Gasteiger charge is -2.08. The fourth-order valence-electron chi connectivity index (χ4n) is 1.53. The Morgan fingerprint density at radius 3 is 2.94 bits per heavy atom. The molecule has 1 aromatic heterocycles. The highest BCUT2D eigenvalue weighted by Crippen LogP contribution is 2.23. The molecule has 0 unspecified atom stereocenters. The molecule has 0 aliphatic rings. The number of anilines is 1. The van der Waals surface area contributed by atoms with Crippen LogP contribution in [0.2, 0.25) is 0 Å². The van der Waals surface area contributed by atoms with Crippen molar-refractivity contribution in [2.45, 2.75) is 6.92 Å². The number of aryl methyl sites for hydroxylation is 1. The summed E-state index contributed by atoms with van der Waals surface area (Å²) >= 11 is 3.42. The van der Waals surface area contributed by atoms with Crippen molar-refractivity contribution in [1.82, 2.24) is 9.97 Å². The second kappa shape index (κ2) is 4.76. The topological polar surface area (TPSA) is 58.0 Å². The van der Waals surface area contributed by atoms with Gasteiger partial charge in [0.15, 0.2) is 0 Å². The Bertz CT molecular complexity index is 516. The number of nitrogens with zero attached hydrogens (tertiary/aromatic N) is 2. The van der Waals surface area contributed by atoms with E-state index >= 15 is 0 Å². The van der Waals surface area contributed by atoms with Crippen molar-refractivity contribution >= 4 is 32.7 Å². The van der Waals surface area contributed by atoms with Crippen LogP contribution < -0.4 is 5.32 Å². The number of nitrogens with one attached hydrogen (secondary N) is 1. The van der Waals surface area contributed by atoms with Crippen LogP contribution in [-0.4, -0.2) is 28.2 Å². The predicted octanol–water partition coefficient (Wildman–Crippen LogP) is 2.10. The molecular weight excluding hydrogens is 270 g/mol. The summed E-state index contributed by atoms with van der Waals surface area (Å²) in [5.41, 5.74) is 0.899. The van der Waals surface area contributed by atoms with Gasteiger partial charge in [0.25, 0.3) is 0 Å². The lowest BCUT2D eigenvalue weighted by Crippen LogP contribution is -2.08. The van der Waals surface area contributed by atoms with Crippen LogP contribution in [0.5, 0.6) is 0 Å². The third-order valence-electron chi connectivity index (χ3n) is 2.17. The zero-order valence-electron chi connectivity index (χ0n) is 8.87. The summed E-state index contributed by atoms with van der Waals surface area (Å²) in [6, 6.07) is 5.86. The molecule has 0 radical (unpaired) electrons. The van der Waals surface area contributed by atoms with Crippen molar-refractivity contribution in [3.05, 3.63) is 28.5 Å². The van der Waals surface area contributed by atoms with Gasteiger partial charge >= 0.3 is 0 Å². The molecule has 16 heavy (non-hydrogen) atoms. The minimum Gasteiger partial charge on any atom is -0.395 e. The number of fused-ring (bicyclic) bond motifs is 1. The molecule has 1 heterocycles. The molecule has 84 valence electrons. The molecular formula is C11H12BrN3O. The molecule has 0 fully saturated rings. The number of hydrogen-bond donors (Lipinski definition) is 2. The van der Waals surface area contributed by atoms with Gasteiger partial charge in [-0.25, -0.2) is 9.97 Å². The summed E-state index contributed by atoms with van der Waals surface area (Å²) in [4.78, 5) is 8.68. The molecule has 0 amide bonds. The molecule has 2 N–H and O–H groups in total. The summed E-state index contributed by atoms with van der Waals surface area (Å²) in [6.45, 7) is 2.42. The van der Waals surface area contributed by atoms with E-state index in [-0.39, 0.29) is 6.61 Å². The van der Waals surface area contributed by atoms with Gasteiger partial charge in [-0.2, -0.15) is 0 Å². The van der Waals surface area contributed by atoms with Gasteiger partial charge in [-0.15, -0.1) is 0 Å². The van der Waals surface area contributed by atoms with Crippen LogP contribution in [0.3, 0.4) is 0 Å². The first-order valence-corrected chi connectivity index (χ1v) is 5.78. The third kappa shape index (κ3) is 2.31. The number of hydrogen-bond acceptors (Lipinski definition) is 4. The van der Waals surface area contributed by atoms with Crippen molar-refractivity contribution in [2.24, 2.45) is 0 Å². The number of rotatable bonds is 3. The van der Waals surface area contributed by atoms with Crippen molar-refractivity contribution < 1.29 is 5.11 Å². The Balaban J connectivity index is 2.55. The van der Waals surface area contributed by atoms with E-state index in [9.17, 15) is 0 Å². The molecule has 4 nitrogen and oxygen atoms in total. The Hall–Kier alpha value is -1.20. The smallest absolute Gasteiger partial charge is 0.137 e. The molecule has 0 atom stereocenters. The monoisotopic (exact) mass is 281 g/mol. The maximum absolute atomic E-state index is 8.81. The van der Waals surface area contributed by atoms with Crippen LogP contribution >= 0.6 is 15.9 Å². The highest BCUT2D eigenvalue weighted by molar-refractivity contribution is 9.10. The number of halogens is 1. The zero-order chi connectivity index (χ0) is 11.5. The summed E-state index contributed by atoms with van der Waals surface area (Å²) in [6.07, 6.45) is 0. The number of aromatic nitrogens is 2. The second-order valence-corrected chi connectivity index (χ2v) is 4.35. The summed E-state index contributed by atoms with van der Waals surface area (Å²) in [7, 11) is 0. The first kappa shape index (κ1) is 11.3. The lowest BCUT2D eigenvalue weighted by atomic mass is 10.2. The number of benzene rings is 1. The van der Waals surface area contributed by atoms with Gasteiger partial charge in [0.1, 0.15) is 11.6 Å². The van der Waals surface area contributed by atoms with Gasteiger partial charge in [0.05, 0.1) is 12.1 Å². The number of aliphatic hydroxyl groups excluding tert-OH is 1. The molecule has 1 aromatic carbocycles. The molecule has 0 aliphatic heterocycles. The lowest BCUT2D eigenvalue weighted by molar-refractivity contribution is 0.311. The van der Waals surface area contributed by atoms with E-state index in [2.05, 4.69) is 31.2 Å². The minimum atomic E-state index is 0.0819. The van der Waals surface area contributed by atoms with Gasteiger partial charge < -0.3 is 10.4 Å². The fraction of sp³-hybridized carbons (Fsp3) is 0.273. The van der Waals surface area contributed by atoms with E-state index in [1.54, 1.807) is 0 Å². The fourth-order valence-corrected chi connectivity index (χ4v) is 1.89. The van der Waals surface area contributed by atoms with Gasteiger partial charge in [-0.1, -0.05) is 15.9 Å². The standard InChI is InChI=1S/C11H12BrN3O/c1-7-14-10-3-2-8(12)6-9(10)11(15-7)13-4-5-16/h2-3,6,16H,4-5H2,1H3,(H,13,14,15). The van der Waals surface area contributed by atoms with Crippen molar-refractivity contribution in [2.75, 3.05) is 18.5 Å². The van der Waals surface area contributed by atoms with Crippen molar-refractivity contribution in [3.63, 3.8) is 0 Å². The molecule has 0 bridgehead atoms. The molecule has 0 saturated heterocycles. The Kier molecular flexibility index (Phi) is 3.36. The number of aliphatic hydroxyl groups is 1. The molecule has 0 saturated carbocycles. The van der Waals surface area contributed by atoms with E-state index in [1.165, 1.54) is 0 Å². The van der Waals surface area contributed by atoms with Crippen molar-refractivity contribution in [3.8, 4) is 0 Å². The average molecular weight is 282 g/mol. The largest absolute Gasteiger partial charge is 0.395 e. The highest BCUT2D eigenvalue weighted by atomic mass is 79.9. The van der Waals surface area contributed by atoms with Crippen LogP contribution in [0, 0.1) is 6.92 Å². The van der Waals surface area contributed by atoms with Crippen LogP contribution in [0.15, 0.2) is 22.7 Å². The summed E-state index contributed by atoms with van der Waals surface area (Å²) in [5.74, 6) is 1.48. The molecule has 0 aliphatic carbocycles. The van der Waals surface area contributed by atoms with Crippen LogP contribution in [0.4, 0.5) is 5.82 Å².